The normalized spacial score (nSPS) is 23.5. The van der Waals surface area contributed by atoms with Crippen molar-refractivity contribution in [1.29, 1.82) is 0 Å². The summed E-state index contributed by atoms with van der Waals surface area (Å²) in [5, 5.41) is 8.73. The van der Waals surface area contributed by atoms with Crippen LogP contribution >= 0.6 is 11.6 Å². The van der Waals surface area contributed by atoms with Gasteiger partial charge in [0.05, 0.1) is 4.90 Å². The zero-order valence-corrected chi connectivity index (χ0v) is 15.7. The topological polar surface area (TPSA) is 68.1 Å². The van der Waals surface area contributed by atoms with Crippen LogP contribution in [0.25, 0.3) is 0 Å². The average molecular weight is 381 g/mol. The average Bonchev–Trinajstić information content (AvgIpc) is 3.29. The molecule has 134 valence electrons. The van der Waals surface area contributed by atoms with Gasteiger partial charge in [-0.1, -0.05) is 30.5 Å². The second-order valence-corrected chi connectivity index (χ2v) is 9.55. The Morgan fingerprint density at radius 3 is 2.68 bits per heavy atom. The Hall–Kier alpha value is -1.44. The third-order valence-corrected chi connectivity index (χ3v) is 7.75. The number of halogens is 1. The molecule has 0 amide bonds. The fourth-order valence-corrected chi connectivity index (χ4v) is 6.28. The first-order chi connectivity index (χ1) is 11.9. The molecular weight excluding hydrogens is 360 g/mol. The predicted octanol–water partition coefficient (Wildman–Crippen LogP) is 2.82. The van der Waals surface area contributed by atoms with E-state index in [-0.39, 0.29) is 16.2 Å². The molecule has 1 spiro atoms. The van der Waals surface area contributed by atoms with Gasteiger partial charge < -0.3 is 4.57 Å². The quantitative estimate of drug-likeness (QED) is 0.821. The van der Waals surface area contributed by atoms with Crippen LogP contribution in [-0.4, -0.2) is 40.6 Å². The molecule has 0 bridgehead atoms. The van der Waals surface area contributed by atoms with Crippen molar-refractivity contribution in [2.24, 2.45) is 12.5 Å². The van der Waals surface area contributed by atoms with Crippen molar-refractivity contribution in [2.75, 3.05) is 13.1 Å². The summed E-state index contributed by atoms with van der Waals surface area (Å²) in [6.45, 7) is 0.987. The van der Waals surface area contributed by atoms with Crippen molar-refractivity contribution >= 4 is 21.6 Å². The van der Waals surface area contributed by atoms with E-state index < -0.39 is 10.0 Å². The van der Waals surface area contributed by atoms with Crippen LogP contribution < -0.4 is 0 Å². The molecule has 1 aromatic heterocycles. The van der Waals surface area contributed by atoms with E-state index >= 15 is 0 Å². The van der Waals surface area contributed by atoms with E-state index in [1.165, 1.54) is 6.07 Å². The van der Waals surface area contributed by atoms with E-state index in [2.05, 4.69) is 10.2 Å². The molecule has 1 aromatic carbocycles. The summed E-state index contributed by atoms with van der Waals surface area (Å²) in [5.41, 5.74) is -0.0353. The molecule has 4 rings (SSSR count). The van der Waals surface area contributed by atoms with Crippen LogP contribution in [0, 0.1) is 5.41 Å². The minimum Gasteiger partial charge on any atom is -0.320 e. The number of benzene rings is 1. The molecule has 2 fully saturated rings. The highest BCUT2D eigenvalue weighted by atomic mass is 35.5. The number of hydrogen-bond donors (Lipinski definition) is 0. The Morgan fingerprint density at radius 2 is 2.04 bits per heavy atom. The van der Waals surface area contributed by atoms with Crippen LogP contribution in [0.2, 0.25) is 5.02 Å². The molecule has 0 N–H and O–H groups in total. The van der Waals surface area contributed by atoms with E-state index in [4.69, 9.17) is 11.6 Å². The Balaban J connectivity index is 1.72. The molecule has 1 aliphatic carbocycles. The summed E-state index contributed by atoms with van der Waals surface area (Å²) in [7, 11) is -1.65. The van der Waals surface area contributed by atoms with Crippen molar-refractivity contribution in [2.45, 2.75) is 36.5 Å². The van der Waals surface area contributed by atoms with Gasteiger partial charge in [0.15, 0.2) is 0 Å². The van der Waals surface area contributed by atoms with Crippen LogP contribution in [0.15, 0.2) is 35.5 Å². The van der Waals surface area contributed by atoms with Gasteiger partial charge in [0, 0.05) is 31.1 Å². The summed E-state index contributed by atoms with van der Waals surface area (Å²) < 4.78 is 29.8. The zero-order valence-electron chi connectivity index (χ0n) is 14.1. The van der Waals surface area contributed by atoms with Crippen molar-refractivity contribution in [3.63, 3.8) is 0 Å². The van der Waals surface area contributed by atoms with E-state index in [1.54, 1.807) is 28.8 Å². The van der Waals surface area contributed by atoms with Gasteiger partial charge in [-0.2, -0.15) is 4.31 Å². The first-order valence-corrected chi connectivity index (χ1v) is 10.3. The lowest BCUT2D eigenvalue weighted by molar-refractivity contribution is 0.274. The van der Waals surface area contributed by atoms with Crippen molar-refractivity contribution in [3.05, 3.63) is 41.4 Å². The van der Waals surface area contributed by atoms with E-state index in [9.17, 15) is 8.42 Å². The second kappa shape index (κ2) is 6.07. The second-order valence-electron chi connectivity index (χ2n) is 7.18. The van der Waals surface area contributed by atoms with Crippen molar-refractivity contribution < 1.29 is 8.42 Å². The minimum absolute atomic E-state index is 0.0353. The lowest BCUT2D eigenvalue weighted by atomic mass is 9.76. The third-order valence-electron chi connectivity index (χ3n) is 5.71. The Kier molecular flexibility index (Phi) is 4.13. The van der Waals surface area contributed by atoms with Crippen LogP contribution in [0.1, 0.15) is 37.4 Å². The van der Waals surface area contributed by atoms with Gasteiger partial charge in [0.2, 0.25) is 10.0 Å². The molecule has 1 unspecified atom stereocenters. The maximum atomic E-state index is 13.2. The monoisotopic (exact) mass is 380 g/mol. The summed E-state index contributed by atoms with van der Waals surface area (Å²) in [4.78, 5) is 0.256. The fraction of sp³-hybridized carbons (Fsp3) is 0.529. The van der Waals surface area contributed by atoms with Crippen molar-refractivity contribution in [3.8, 4) is 0 Å². The van der Waals surface area contributed by atoms with Crippen LogP contribution in [0.4, 0.5) is 0 Å². The summed E-state index contributed by atoms with van der Waals surface area (Å²) in [5.74, 6) is 0.960. The first kappa shape index (κ1) is 17.0. The lowest BCUT2D eigenvalue weighted by Crippen LogP contribution is -2.31. The highest BCUT2D eigenvalue weighted by Crippen LogP contribution is 2.53. The molecule has 2 heterocycles. The minimum atomic E-state index is -3.57. The van der Waals surface area contributed by atoms with Crippen molar-refractivity contribution in [1.82, 2.24) is 19.1 Å². The number of sulfonamides is 1. The van der Waals surface area contributed by atoms with E-state index in [0.717, 1.165) is 31.5 Å². The number of nitrogens with zero attached hydrogens (tertiary/aromatic N) is 4. The molecule has 2 aromatic rings. The Morgan fingerprint density at radius 1 is 1.28 bits per heavy atom. The standard InChI is InChI=1S/C17H21ClN4O2S/c1-21-12-19-20-16(21)15-10-22(11-17(15)7-2-3-8-17)25(23,24)14-6-4-5-13(18)9-14/h4-6,9,12,15H,2-3,7-8,10-11H2,1H3. The highest BCUT2D eigenvalue weighted by Gasteiger charge is 2.53. The summed E-state index contributed by atoms with van der Waals surface area (Å²) >= 11 is 6.00. The maximum Gasteiger partial charge on any atom is 0.243 e. The van der Waals surface area contributed by atoms with E-state index in [1.807, 2.05) is 11.6 Å². The van der Waals surface area contributed by atoms with Gasteiger partial charge in [-0.15, -0.1) is 10.2 Å². The van der Waals surface area contributed by atoms with Crippen LogP contribution in [0.5, 0.6) is 0 Å². The van der Waals surface area contributed by atoms with E-state index in [0.29, 0.717) is 18.1 Å². The maximum absolute atomic E-state index is 13.2. The number of aryl methyl sites for hydroxylation is 1. The molecule has 2 aliphatic rings. The Bertz CT molecular complexity index is 890. The summed E-state index contributed by atoms with van der Waals surface area (Å²) in [6, 6.07) is 6.49. The number of rotatable bonds is 3. The third kappa shape index (κ3) is 2.78. The van der Waals surface area contributed by atoms with Crippen LogP contribution in [0.3, 0.4) is 0 Å². The molecule has 1 saturated carbocycles. The van der Waals surface area contributed by atoms with Gasteiger partial charge in [-0.05, 0) is 36.5 Å². The van der Waals surface area contributed by atoms with Gasteiger partial charge in [-0.25, -0.2) is 8.42 Å². The molecule has 1 aliphatic heterocycles. The number of hydrogen-bond acceptors (Lipinski definition) is 4. The smallest absolute Gasteiger partial charge is 0.243 e. The molecule has 1 saturated heterocycles. The SMILES string of the molecule is Cn1cnnc1C1CN(S(=O)(=O)c2cccc(Cl)c2)CC12CCCC2. The molecule has 1 atom stereocenters. The fourth-order valence-electron chi connectivity index (χ4n) is 4.43. The predicted molar refractivity (Wildman–Crippen MR) is 94.9 cm³/mol. The first-order valence-electron chi connectivity index (χ1n) is 8.52. The molecular formula is C17H21ClN4O2S. The zero-order chi connectivity index (χ0) is 17.7. The highest BCUT2D eigenvalue weighted by molar-refractivity contribution is 7.89. The largest absolute Gasteiger partial charge is 0.320 e. The molecule has 8 heteroatoms. The van der Waals surface area contributed by atoms with Gasteiger partial charge in [-0.3, -0.25) is 0 Å². The molecule has 0 radical (unpaired) electrons. The Labute approximate surface area is 152 Å². The van der Waals surface area contributed by atoms with Gasteiger partial charge >= 0.3 is 0 Å². The van der Waals surface area contributed by atoms with Gasteiger partial charge in [0.1, 0.15) is 12.2 Å². The lowest BCUT2D eigenvalue weighted by Gasteiger charge is -2.29. The number of aromatic nitrogens is 3. The van der Waals surface area contributed by atoms with Crippen LogP contribution in [-0.2, 0) is 17.1 Å². The molecule has 25 heavy (non-hydrogen) atoms. The molecule has 6 nitrogen and oxygen atoms in total. The summed E-state index contributed by atoms with van der Waals surface area (Å²) in [6.07, 6.45) is 6.03. The van der Waals surface area contributed by atoms with Gasteiger partial charge in [0.25, 0.3) is 0 Å².